The summed E-state index contributed by atoms with van der Waals surface area (Å²) in [4.78, 5) is 2.63. The summed E-state index contributed by atoms with van der Waals surface area (Å²) < 4.78 is 10.0. The van der Waals surface area contributed by atoms with E-state index in [1.165, 1.54) is 12.8 Å². The van der Waals surface area contributed by atoms with Gasteiger partial charge in [0.25, 0.3) is 0 Å². The van der Waals surface area contributed by atoms with Crippen molar-refractivity contribution < 1.29 is 9.47 Å². The van der Waals surface area contributed by atoms with E-state index in [-0.39, 0.29) is 6.10 Å². The molecule has 2 fully saturated rings. The topological polar surface area (TPSA) is 70.5 Å². The summed E-state index contributed by atoms with van der Waals surface area (Å²) >= 11 is 0. The van der Waals surface area contributed by atoms with Crippen LogP contribution in [0, 0.1) is 0 Å². The van der Waals surface area contributed by atoms with Crippen molar-refractivity contribution in [1.82, 2.24) is 0 Å². The van der Waals surface area contributed by atoms with Crippen molar-refractivity contribution in [3.05, 3.63) is 10.4 Å². The predicted octanol–water partition coefficient (Wildman–Crippen LogP) is 2.27. The quantitative estimate of drug-likeness (QED) is 0.303. The van der Waals surface area contributed by atoms with Crippen LogP contribution in [0.4, 0.5) is 0 Å². The number of ether oxygens (including phenoxy) is 2. The minimum absolute atomic E-state index is 0.214. The van der Waals surface area contributed by atoms with Crippen molar-refractivity contribution in [2.45, 2.75) is 38.4 Å². The summed E-state index contributed by atoms with van der Waals surface area (Å²) in [5, 5.41) is 3.39. The van der Waals surface area contributed by atoms with Crippen molar-refractivity contribution in [2.75, 3.05) is 19.8 Å². The molecule has 0 spiro atoms. The summed E-state index contributed by atoms with van der Waals surface area (Å²) in [7, 11) is 0. The molecule has 0 bridgehead atoms. The van der Waals surface area contributed by atoms with Gasteiger partial charge in [0.1, 0.15) is 0 Å². The number of rotatable bonds is 3. The smallest absolute Gasteiger partial charge is 0.0898 e. The van der Waals surface area contributed by atoms with E-state index >= 15 is 0 Å². The molecule has 80 valence electrons. The summed E-state index contributed by atoms with van der Waals surface area (Å²) in [5.74, 6) is 0. The van der Waals surface area contributed by atoms with Gasteiger partial charge in [-0.05, 0) is 24.8 Å². The molecule has 0 aromatic rings. The fourth-order valence-corrected chi connectivity index (χ4v) is 1.33. The third kappa shape index (κ3) is 4.46. The standard InChI is InChI=1S/C5H9N3O.C4H8O/c1-2-4-5(9-4)3-7-8-6;1-2-4-5-3-1/h4-5H,2-3H2,1H3;1-4H2. The van der Waals surface area contributed by atoms with Crippen LogP contribution in [0.5, 0.6) is 0 Å². The van der Waals surface area contributed by atoms with Crippen LogP contribution in [0.3, 0.4) is 0 Å². The molecule has 5 heteroatoms. The second-order valence-corrected chi connectivity index (χ2v) is 3.35. The van der Waals surface area contributed by atoms with Gasteiger partial charge in [-0.3, -0.25) is 0 Å². The first-order chi connectivity index (χ1) is 6.88. The first-order valence-electron chi connectivity index (χ1n) is 5.12. The molecule has 0 N–H and O–H groups in total. The van der Waals surface area contributed by atoms with E-state index in [9.17, 15) is 0 Å². The molecule has 0 aliphatic carbocycles. The number of hydrogen-bond acceptors (Lipinski definition) is 3. The van der Waals surface area contributed by atoms with Crippen LogP contribution in [0.1, 0.15) is 26.2 Å². The van der Waals surface area contributed by atoms with E-state index in [2.05, 4.69) is 16.9 Å². The van der Waals surface area contributed by atoms with Crippen LogP contribution in [-0.4, -0.2) is 32.0 Å². The first-order valence-corrected chi connectivity index (χ1v) is 5.12. The molecule has 14 heavy (non-hydrogen) atoms. The van der Waals surface area contributed by atoms with Gasteiger partial charge < -0.3 is 9.47 Å². The van der Waals surface area contributed by atoms with Crippen LogP contribution < -0.4 is 0 Å². The van der Waals surface area contributed by atoms with Crippen molar-refractivity contribution >= 4 is 0 Å². The molecule has 0 radical (unpaired) electrons. The lowest BCUT2D eigenvalue weighted by Gasteiger charge is -1.79. The average molecular weight is 199 g/mol. The van der Waals surface area contributed by atoms with E-state index in [0.29, 0.717) is 12.6 Å². The van der Waals surface area contributed by atoms with E-state index in [1.54, 1.807) is 0 Å². The van der Waals surface area contributed by atoms with Crippen LogP contribution in [0.2, 0.25) is 0 Å². The molecular weight excluding hydrogens is 182 g/mol. The van der Waals surface area contributed by atoms with Gasteiger partial charge in [-0.1, -0.05) is 12.0 Å². The average Bonchev–Trinajstić information content (AvgIpc) is 2.71. The fraction of sp³-hybridized carbons (Fsp3) is 1.00. The van der Waals surface area contributed by atoms with Gasteiger partial charge >= 0.3 is 0 Å². The highest BCUT2D eigenvalue weighted by molar-refractivity contribution is 4.85. The van der Waals surface area contributed by atoms with Gasteiger partial charge in [0.2, 0.25) is 0 Å². The first kappa shape index (κ1) is 11.3. The van der Waals surface area contributed by atoms with Gasteiger partial charge in [-0.2, -0.15) is 0 Å². The number of azide groups is 1. The lowest BCUT2D eigenvalue weighted by Crippen LogP contribution is -1.94. The van der Waals surface area contributed by atoms with Crippen molar-refractivity contribution in [3.63, 3.8) is 0 Å². The Kier molecular flexibility index (Phi) is 5.37. The molecule has 0 aromatic heterocycles. The monoisotopic (exact) mass is 199 g/mol. The maximum Gasteiger partial charge on any atom is 0.0898 e. The molecule has 2 saturated heterocycles. The highest BCUT2D eigenvalue weighted by Crippen LogP contribution is 2.24. The predicted molar refractivity (Wildman–Crippen MR) is 53.0 cm³/mol. The molecule has 0 saturated carbocycles. The SMILES string of the molecule is C1CCOC1.CCC1OC1CN=[N+]=[N-]. The van der Waals surface area contributed by atoms with Crippen molar-refractivity contribution in [2.24, 2.45) is 5.11 Å². The summed E-state index contributed by atoms with van der Waals surface area (Å²) in [6.45, 7) is 4.55. The van der Waals surface area contributed by atoms with E-state index in [0.717, 1.165) is 19.6 Å². The zero-order chi connectivity index (χ0) is 10.2. The molecule has 5 nitrogen and oxygen atoms in total. The van der Waals surface area contributed by atoms with E-state index in [1.807, 2.05) is 0 Å². The maximum atomic E-state index is 7.90. The normalized spacial score (nSPS) is 28.6. The number of hydrogen-bond donors (Lipinski definition) is 0. The number of epoxide rings is 1. The largest absolute Gasteiger partial charge is 0.381 e. The van der Waals surface area contributed by atoms with Gasteiger partial charge in [-0.15, -0.1) is 0 Å². The molecule has 2 aliphatic heterocycles. The summed E-state index contributed by atoms with van der Waals surface area (Å²) in [5.41, 5.74) is 7.90. The minimum atomic E-state index is 0.214. The highest BCUT2D eigenvalue weighted by atomic mass is 16.6. The van der Waals surface area contributed by atoms with E-state index in [4.69, 9.17) is 15.0 Å². The summed E-state index contributed by atoms with van der Waals surface area (Å²) in [6, 6.07) is 0. The Bertz CT molecular complexity index is 193. The van der Waals surface area contributed by atoms with Crippen LogP contribution in [0.15, 0.2) is 5.11 Å². The minimum Gasteiger partial charge on any atom is -0.381 e. The van der Waals surface area contributed by atoms with Crippen LogP contribution in [0.25, 0.3) is 10.4 Å². The van der Waals surface area contributed by atoms with Gasteiger partial charge in [0.15, 0.2) is 0 Å². The highest BCUT2D eigenvalue weighted by Gasteiger charge is 2.35. The van der Waals surface area contributed by atoms with E-state index < -0.39 is 0 Å². The molecular formula is C9H17N3O2. The Morgan fingerprint density at radius 2 is 2.07 bits per heavy atom. The molecule has 2 rings (SSSR count). The van der Waals surface area contributed by atoms with Gasteiger partial charge in [0.05, 0.1) is 18.8 Å². The van der Waals surface area contributed by atoms with Gasteiger partial charge in [0, 0.05) is 18.1 Å². The number of nitrogens with zero attached hydrogens (tertiary/aromatic N) is 3. The zero-order valence-corrected chi connectivity index (χ0v) is 8.56. The molecule has 0 aromatic carbocycles. The van der Waals surface area contributed by atoms with Crippen LogP contribution >= 0.6 is 0 Å². The third-order valence-electron chi connectivity index (χ3n) is 2.24. The van der Waals surface area contributed by atoms with Gasteiger partial charge in [-0.25, -0.2) is 0 Å². The van der Waals surface area contributed by atoms with Crippen molar-refractivity contribution in [3.8, 4) is 0 Å². The lowest BCUT2D eigenvalue weighted by molar-refractivity contribution is 0.198. The molecule has 0 amide bonds. The molecule has 2 unspecified atom stereocenters. The zero-order valence-electron chi connectivity index (χ0n) is 8.56. The summed E-state index contributed by atoms with van der Waals surface area (Å²) in [6.07, 6.45) is 4.15. The maximum absolute atomic E-state index is 7.90. The Labute approximate surface area is 84.0 Å². The Balaban J connectivity index is 0.000000165. The molecule has 2 aliphatic rings. The second-order valence-electron chi connectivity index (χ2n) is 3.35. The lowest BCUT2D eigenvalue weighted by atomic mass is 10.3. The van der Waals surface area contributed by atoms with Crippen molar-refractivity contribution in [1.29, 1.82) is 0 Å². The fourth-order valence-electron chi connectivity index (χ4n) is 1.33. The van der Waals surface area contributed by atoms with Crippen LogP contribution in [-0.2, 0) is 9.47 Å². The molecule has 2 heterocycles. The second kappa shape index (κ2) is 6.65. The Morgan fingerprint density at radius 3 is 2.43 bits per heavy atom. The molecule has 2 atom stereocenters. The Morgan fingerprint density at radius 1 is 1.36 bits per heavy atom. The Hall–Kier alpha value is -0.770. The third-order valence-corrected chi connectivity index (χ3v) is 2.24.